The van der Waals surface area contributed by atoms with Crippen molar-refractivity contribution in [2.75, 3.05) is 13.7 Å². The first-order valence-corrected chi connectivity index (χ1v) is 8.88. The zero-order valence-corrected chi connectivity index (χ0v) is 14.3. The number of ketones is 1. The van der Waals surface area contributed by atoms with Gasteiger partial charge in [0, 0.05) is 17.0 Å². The minimum Gasteiger partial charge on any atom is -0.463 e. The average Bonchev–Trinajstić information content (AvgIpc) is 2.65. The van der Waals surface area contributed by atoms with Crippen molar-refractivity contribution in [3.05, 3.63) is 22.9 Å². The Balaban J connectivity index is 1.49. The third-order valence-electron chi connectivity index (χ3n) is 5.07. The van der Waals surface area contributed by atoms with Crippen LogP contribution in [0.15, 0.2) is 27.9 Å². The number of rotatable bonds is 5. The topological polar surface area (TPSA) is 65.0 Å². The fourth-order valence-electron chi connectivity index (χ4n) is 3.61. The highest BCUT2D eigenvalue weighted by Gasteiger charge is 2.25. The van der Waals surface area contributed by atoms with Gasteiger partial charge in [-0.05, 0) is 63.4 Å². The van der Waals surface area contributed by atoms with E-state index in [1.165, 1.54) is 32.1 Å². The van der Waals surface area contributed by atoms with Crippen LogP contribution in [0.25, 0.3) is 0 Å². The Morgan fingerprint density at radius 1 is 1.17 bits per heavy atom. The fourth-order valence-corrected chi connectivity index (χ4v) is 3.61. The Bertz CT molecular complexity index is 615. The summed E-state index contributed by atoms with van der Waals surface area (Å²) in [4.78, 5) is 27.8. The van der Waals surface area contributed by atoms with Crippen molar-refractivity contribution in [3.8, 4) is 0 Å². The van der Waals surface area contributed by atoms with Gasteiger partial charge in [-0.3, -0.25) is 9.79 Å². The minimum absolute atomic E-state index is 0.101. The molecule has 1 heterocycles. The van der Waals surface area contributed by atoms with Crippen LogP contribution >= 0.6 is 0 Å². The van der Waals surface area contributed by atoms with Crippen LogP contribution in [-0.4, -0.2) is 37.3 Å². The average molecular weight is 331 g/mol. The highest BCUT2D eigenvalue weighted by molar-refractivity contribution is 6.40. The first-order chi connectivity index (χ1) is 11.7. The molecule has 5 nitrogen and oxygen atoms in total. The van der Waals surface area contributed by atoms with Gasteiger partial charge in [-0.2, -0.15) is 0 Å². The number of carbonyl (C=O) groups excluding carboxylic acids is 2. The molecule has 1 aliphatic heterocycles. The zero-order chi connectivity index (χ0) is 16.9. The molecule has 3 aliphatic rings. The lowest BCUT2D eigenvalue weighted by Crippen LogP contribution is -2.25. The summed E-state index contributed by atoms with van der Waals surface area (Å²) in [5.74, 6) is -1.31. The van der Waals surface area contributed by atoms with Crippen LogP contribution in [0.4, 0.5) is 0 Å². The van der Waals surface area contributed by atoms with Crippen molar-refractivity contribution in [2.45, 2.75) is 63.9 Å². The van der Waals surface area contributed by atoms with Gasteiger partial charge in [0.05, 0.1) is 19.8 Å². The van der Waals surface area contributed by atoms with E-state index in [0.717, 1.165) is 31.4 Å². The highest BCUT2D eigenvalue weighted by atomic mass is 16.5. The Hall–Kier alpha value is -1.75. The van der Waals surface area contributed by atoms with Gasteiger partial charge >= 0.3 is 5.97 Å². The second-order valence-corrected chi connectivity index (χ2v) is 6.69. The van der Waals surface area contributed by atoms with Gasteiger partial charge in [0.2, 0.25) is 0 Å². The lowest BCUT2D eigenvalue weighted by Gasteiger charge is -2.25. The summed E-state index contributed by atoms with van der Waals surface area (Å²) in [5, 5.41) is 0. The Labute approximate surface area is 142 Å². The smallest absolute Gasteiger partial charge is 0.379 e. The molecule has 0 saturated carbocycles. The molecule has 130 valence electrons. The molecule has 1 unspecified atom stereocenters. The molecular weight excluding hydrogens is 306 g/mol. The summed E-state index contributed by atoms with van der Waals surface area (Å²) < 4.78 is 10.5. The minimum atomic E-state index is -0.784. The van der Waals surface area contributed by atoms with Crippen LogP contribution in [0.3, 0.4) is 0 Å². The van der Waals surface area contributed by atoms with Crippen LogP contribution in [0.1, 0.15) is 57.8 Å². The van der Waals surface area contributed by atoms with Crippen molar-refractivity contribution in [3.63, 3.8) is 0 Å². The third-order valence-corrected chi connectivity index (χ3v) is 5.07. The number of carbonyl (C=O) groups is 2. The second-order valence-electron chi connectivity index (χ2n) is 6.69. The van der Waals surface area contributed by atoms with Gasteiger partial charge < -0.3 is 9.47 Å². The van der Waals surface area contributed by atoms with E-state index in [1.54, 1.807) is 5.57 Å². The highest BCUT2D eigenvalue weighted by Crippen LogP contribution is 2.32. The molecule has 0 amide bonds. The third kappa shape index (κ3) is 4.01. The van der Waals surface area contributed by atoms with Gasteiger partial charge in [-0.25, -0.2) is 4.79 Å². The molecule has 0 fully saturated rings. The molecule has 0 aromatic rings. The summed E-state index contributed by atoms with van der Waals surface area (Å²) in [7, 11) is 1.23. The van der Waals surface area contributed by atoms with Crippen LogP contribution < -0.4 is 0 Å². The van der Waals surface area contributed by atoms with E-state index in [0.29, 0.717) is 25.0 Å². The maximum atomic E-state index is 11.8. The maximum Gasteiger partial charge on any atom is 0.379 e. The number of Topliss-reactive ketones (excluding diaryl/α,β-unsaturated/α-hetero) is 1. The van der Waals surface area contributed by atoms with Crippen LogP contribution in [0.2, 0.25) is 0 Å². The van der Waals surface area contributed by atoms with E-state index >= 15 is 0 Å². The van der Waals surface area contributed by atoms with E-state index in [1.807, 2.05) is 6.08 Å². The van der Waals surface area contributed by atoms with Crippen molar-refractivity contribution in [2.24, 2.45) is 4.99 Å². The van der Waals surface area contributed by atoms with Gasteiger partial charge in [0.1, 0.15) is 0 Å². The van der Waals surface area contributed by atoms with E-state index in [9.17, 15) is 9.59 Å². The summed E-state index contributed by atoms with van der Waals surface area (Å²) in [6, 6.07) is 0. The number of esters is 1. The van der Waals surface area contributed by atoms with Gasteiger partial charge in [-0.15, -0.1) is 0 Å². The molecule has 0 N–H and O–H groups in total. The van der Waals surface area contributed by atoms with Crippen LogP contribution in [0.5, 0.6) is 0 Å². The number of ether oxygens (including phenoxy) is 2. The number of allylic oxidation sites excluding steroid dienone is 2. The molecule has 2 aliphatic carbocycles. The Morgan fingerprint density at radius 2 is 2.00 bits per heavy atom. The maximum absolute atomic E-state index is 11.8. The lowest BCUT2D eigenvalue weighted by atomic mass is 9.90. The summed E-state index contributed by atoms with van der Waals surface area (Å²) >= 11 is 0. The number of methoxy groups -OCH3 is 1. The van der Waals surface area contributed by atoms with Crippen molar-refractivity contribution in [1.82, 2.24) is 0 Å². The summed E-state index contributed by atoms with van der Waals surface area (Å²) in [6.07, 6.45) is 11.0. The number of hydrogen-bond donors (Lipinski definition) is 0. The van der Waals surface area contributed by atoms with Gasteiger partial charge in [-0.1, -0.05) is 6.08 Å². The van der Waals surface area contributed by atoms with E-state index in [-0.39, 0.29) is 6.10 Å². The Morgan fingerprint density at radius 3 is 2.75 bits per heavy atom. The summed E-state index contributed by atoms with van der Waals surface area (Å²) in [5.41, 5.74) is 4.56. The van der Waals surface area contributed by atoms with E-state index in [2.05, 4.69) is 4.74 Å². The quantitative estimate of drug-likeness (QED) is 0.573. The normalized spacial score (nSPS) is 24.0. The number of hydrogen-bond acceptors (Lipinski definition) is 5. The SMILES string of the molecule is COC(=O)C(=O)C1=CCC(OCC2=NC3=C(CCCC3)CC2)CC1. The molecule has 0 aromatic carbocycles. The monoisotopic (exact) mass is 331 g/mol. The molecule has 0 aromatic heterocycles. The molecule has 0 spiro atoms. The standard InChI is InChI=1S/C19H25NO4/c1-23-19(22)18(21)14-7-10-16(11-8-14)24-12-15-9-6-13-4-2-3-5-17(13)20-15/h7,16H,2-6,8-12H2,1H3. The van der Waals surface area contributed by atoms with Gasteiger partial charge in [0.15, 0.2) is 0 Å². The van der Waals surface area contributed by atoms with Crippen molar-refractivity contribution >= 4 is 17.5 Å². The number of aliphatic imine (C=N–C) groups is 1. The predicted molar refractivity (Wildman–Crippen MR) is 90.9 cm³/mol. The molecule has 0 saturated heterocycles. The molecule has 3 rings (SSSR count). The van der Waals surface area contributed by atoms with E-state index in [4.69, 9.17) is 9.73 Å². The molecular formula is C19H25NO4. The van der Waals surface area contributed by atoms with Crippen LogP contribution in [-0.2, 0) is 19.1 Å². The summed E-state index contributed by atoms with van der Waals surface area (Å²) in [6.45, 7) is 0.579. The number of nitrogens with zero attached hydrogens (tertiary/aromatic N) is 1. The first-order valence-electron chi connectivity index (χ1n) is 8.88. The predicted octanol–water partition coefficient (Wildman–Crippen LogP) is 3.29. The fraction of sp³-hybridized carbons (Fsp3) is 0.632. The Kier molecular flexibility index (Phi) is 5.61. The molecule has 0 bridgehead atoms. The van der Waals surface area contributed by atoms with E-state index < -0.39 is 11.8 Å². The zero-order valence-electron chi connectivity index (χ0n) is 14.3. The molecule has 0 radical (unpaired) electrons. The molecule has 5 heteroatoms. The molecule has 24 heavy (non-hydrogen) atoms. The largest absolute Gasteiger partial charge is 0.463 e. The second kappa shape index (κ2) is 7.88. The van der Waals surface area contributed by atoms with Crippen LogP contribution in [0, 0.1) is 0 Å². The van der Waals surface area contributed by atoms with Crippen molar-refractivity contribution < 1.29 is 19.1 Å². The first kappa shape index (κ1) is 17.1. The van der Waals surface area contributed by atoms with Crippen molar-refractivity contribution in [1.29, 1.82) is 0 Å². The van der Waals surface area contributed by atoms with Gasteiger partial charge in [0.25, 0.3) is 5.78 Å². The molecule has 1 atom stereocenters. The lowest BCUT2D eigenvalue weighted by molar-refractivity contribution is -0.150.